The zero-order valence-corrected chi connectivity index (χ0v) is 15.1. The molecule has 0 bridgehead atoms. The van der Waals surface area contributed by atoms with E-state index >= 15 is 0 Å². The van der Waals surface area contributed by atoms with Crippen LogP contribution in [0.2, 0.25) is 0 Å². The van der Waals surface area contributed by atoms with Gasteiger partial charge in [-0.3, -0.25) is 0 Å². The van der Waals surface area contributed by atoms with Crippen molar-refractivity contribution in [3.8, 4) is 0 Å². The summed E-state index contributed by atoms with van der Waals surface area (Å²) in [5.41, 5.74) is 0. The van der Waals surface area contributed by atoms with Gasteiger partial charge in [0.2, 0.25) is 0 Å². The van der Waals surface area contributed by atoms with E-state index in [1.54, 1.807) is 0 Å². The van der Waals surface area contributed by atoms with Crippen molar-refractivity contribution in [3.63, 3.8) is 0 Å². The molecule has 0 aliphatic heterocycles. The summed E-state index contributed by atoms with van der Waals surface area (Å²) in [5.74, 6) is 0. The van der Waals surface area contributed by atoms with Crippen LogP contribution in [0.4, 0.5) is 0 Å². The van der Waals surface area contributed by atoms with Gasteiger partial charge in [0.25, 0.3) is 0 Å². The summed E-state index contributed by atoms with van der Waals surface area (Å²) < 4.78 is 4.01. The average molecular weight is 412 g/mol. The maximum absolute atomic E-state index is 3.52. The molecular weight excluding hydrogens is 399 g/mol. The van der Waals surface area contributed by atoms with E-state index in [1.165, 1.54) is 30.5 Å². The van der Waals surface area contributed by atoms with Crippen molar-refractivity contribution < 1.29 is 0 Å². The molecule has 0 saturated heterocycles. The normalized spacial score (nSPS) is 11.1. The Morgan fingerprint density at radius 2 is 1.18 bits per heavy atom. The third-order valence-electron chi connectivity index (χ3n) is 3.76. The summed E-state index contributed by atoms with van der Waals surface area (Å²) in [7, 11) is 0. The topological polar surface area (TPSA) is 0 Å². The van der Waals surface area contributed by atoms with Crippen molar-refractivity contribution in [1.82, 2.24) is 0 Å². The fourth-order valence-electron chi connectivity index (χ4n) is 2.70. The number of rotatable bonds is 2. The fourth-order valence-corrected chi connectivity index (χ4v) is 5.27. The Bertz CT molecular complexity index is 904. The van der Waals surface area contributed by atoms with Crippen molar-refractivity contribution in [2.75, 3.05) is 0 Å². The predicted molar refractivity (Wildman–Crippen MR) is 101 cm³/mol. The second-order valence-corrected chi connectivity index (χ2v) is 8.39. The molecule has 0 spiro atoms. The molecule has 0 aliphatic rings. The summed E-state index contributed by atoms with van der Waals surface area (Å²) in [4.78, 5) is 0. The molecule has 0 radical (unpaired) electrons. The van der Waals surface area contributed by atoms with E-state index in [0.29, 0.717) is 15.0 Å². The zero-order valence-electron chi connectivity index (χ0n) is 11.8. The second kappa shape index (κ2) is 5.89. The van der Waals surface area contributed by atoms with Crippen molar-refractivity contribution in [2.24, 2.45) is 0 Å². The van der Waals surface area contributed by atoms with Gasteiger partial charge in [-0.05, 0) is 0 Å². The molecule has 0 nitrogen and oxygen atoms in total. The molecule has 22 heavy (non-hydrogen) atoms. The number of hydrogen-bond acceptors (Lipinski definition) is 0. The molecule has 0 heterocycles. The Balaban J connectivity index is 1.97. The van der Waals surface area contributed by atoms with Gasteiger partial charge in [-0.25, -0.2) is 0 Å². The number of hydrogen-bond donors (Lipinski definition) is 0. The third kappa shape index (κ3) is 2.59. The van der Waals surface area contributed by atoms with Crippen molar-refractivity contribution in [1.29, 1.82) is 0 Å². The summed E-state index contributed by atoms with van der Waals surface area (Å²) >= 11 is 3.81. The van der Waals surface area contributed by atoms with Gasteiger partial charge in [-0.2, -0.15) is 0 Å². The van der Waals surface area contributed by atoms with Crippen LogP contribution in [0.5, 0.6) is 0 Å². The van der Waals surface area contributed by atoms with Gasteiger partial charge in [0, 0.05) is 0 Å². The van der Waals surface area contributed by atoms with Gasteiger partial charge in [0.1, 0.15) is 0 Å². The first-order valence-corrected chi connectivity index (χ1v) is 9.66. The van der Waals surface area contributed by atoms with E-state index < -0.39 is 0 Å². The van der Waals surface area contributed by atoms with Gasteiger partial charge in [-0.15, -0.1) is 0 Å². The van der Waals surface area contributed by atoms with Gasteiger partial charge in [0.05, 0.1) is 0 Å². The number of benzene rings is 4. The van der Waals surface area contributed by atoms with Crippen LogP contribution in [-0.4, -0.2) is 15.0 Å². The summed E-state index contributed by atoms with van der Waals surface area (Å²) in [6.07, 6.45) is 0. The molecule has 0 unspecified atom stereocenters. The molecule has 0 amide bonds. The molecule has 0 aliphatic carbocycles. The third-order valence-corrected chi connectivity index (χ3v) is 6.70. The SMILES string of the molecule is Brc1ccc([Se]c2c3ccccc3cc3ccccc23)cc1. The van der Waals surface area contributed by atoms with Crippen LogP contribution in [0.15, 0.2) is 83.3 Å². The Morgan fingerprint density at radius 3 is 1.77 bits per heavy atom. The fraction of sp³-hybridized carbons (Fsp3) is 0. The zero-order chi connectivity index (χ0) is 14.9. The molecule has 0 fully saturated rings. The van der Waals surface area contributed by atoms with E-state index in [2.05, 4.69) is 94.8 Å². The van der Waals surface area contributed by atoms with Crippen LogP contribution in [0.25, 0.3) is 21.5 Å². The van der Waals surface area contributed by atoms with Gasteiger partial charge in [-0.1, -0.05) is 0 Å². The van der Waals surface area contributed by atoms with Crippen LogP contribution in [0.3, 0.4) is 0 Å². The van der Waals surface area contributed by atoms with E-state index in [9.17, 15) is 0 Å². The summed E-state index contributed by atoms with van der Waals surface area (Å²) in [6.45, 7) is 0. The first-order valence-electron chi connectivity index (χ1n) is 7.15. The Morgan fingerprint density at radius 1 is 0.636 bits per heavy atom. The first kappa shape index (κ1) is 14.0. The molecule has 0 saturated carbocycles. The van der Waals surface area contributed by atoms with E-state index in [4.69, 9.17) is 0 Å². The molecule has 0 N–H and O–H groups in total. The molecule has 0 atom stereocenters. The average Bonchev–Trinajstić information content (AvgIpc) is 2.56. The van der Waals surface area contributed by atoms with Crippen LogP contribution >= 0.6 is 15.9 Å². The molecule has 106 valence electrons. The standard InChI is InChI=1S/C20H13BrSe/c21-16-9-11-17(12-10-16)22-20-18-7-3-1-5-14(18)13-15-6-2-4-8-19(15)20/h1-13H. The molecule has 4 aromatic carbocycles. The Kier molecular flexibility index (Phi) is 3.75. The van der Waals surface area contributed by atoms with Crippen molar-refractivity contribution in [2.45, 2.75) is 0 Å². The minimum absolute atomic E-state index is 0.293. The van der Waals surface area contributed by atoms with Gasteiger partial charge >= 0.3 is 145 Å². The molecule has 2 heteroatoms. The molecular formula is C20H13BrSe. The molecule has 0 aromatic heterocycles. The molecule has 4 aromatic rings. The van der Waals surface area contributed by atoms with Crippen LogP contribution in [-0.2, 0) is 0 Å². The van der Waals surface area contributed by atoms with Crippen LogP contribution < -0.4 is 8.92 Å². The predicted octanol–water partition coefficient (Wildman–Crippen LogP) is 4.41. The quantitative estimate of drug-likeness (QED) is 0.338. The van der Waals surface area contributed by atoms with Gasteiger partial charge in [0.15, 0.2) is 0 Å². The van der Waals surface area contributed by atoms with Crippen LogP contribution in [0, 0.1) is 0 Å². The first-order chi connectivity index (χ1) is 10.8. The van der Waals surface area contributed by atoms with E-state index in [-0.39, 0.29) is 0 Å². The maximum atomic E-state index is 3.52. The van der Waals surface area contributed by atoms with E-state index in [0.717, 1.165) is 4.47 Å². The van der Waals surface area contributed by atoms with E-state index in [1.807, 2.05) is 0 Å². The minimum atomic E-state index is 0.293. The molecule has 4 rings (SSSR count). The van der Waals surface area contributed by atoms with Crippen LogP contribution in [0.1, 0.15) is 0 Å². The second-order valence-electron chi connectivity index (χ2n) is 5.20. The monoisotopic (exact) mass is 412 g/mol. The number of halogens is 1. The number of fused-ring (bicyclic) bond motifs is 2. The Labute approximate surface area is 144 Å². The van der Waals surface area contributed by atoms with Crippen molar-refractivity contribution in [3.05, 3.63) is 83.3 Å². The van der Waals surface area contributed by atoms with Gasteiger partial charge < -0.3 is 0 Å². The summed E-state index contributed by atoms with van der Waals surface area (Å²) in [6, 6.07) is 28.4. The summed E-state index contributed by atoms with van der Waals surface area (Å²) in [5, 5.41) is 5.42. The van der Waals surface area contributed by atoms with Crippen molar-refractivity contribution >= 4 is 61.4 Å². The Hall–Kier alpha value is -1.60.